The fourth-order valence-electron chi connectivity index (χ4n) is 2.19. The van der Waals surface area contributed by atoms with Gasteiger partial charge in [-0.25, -0.2) is 0 Å². The van der Waals surface area contributed by atoms with Crippen LogP contribution in [0.2, 0.25) is 0 Å². The number of fused-ring (bicyclic) bond motifs is 1. The highest BCUT2D eigenvalue weighted by Crippen LogP contribution is 2.32. The van der Waals surface area contributed by atoms with Crippen molar-refractivity contribution in [1.82, 2.24) is 15.1 Å². The Balaban J connectivity index is 2.21. The fraction of sp³-hybridized carbons (Fsp3) is 0.250. The molecule has 0 atom stereocenters. The van der Waals surface area contributed by atoms with Gasteiger partial charge in [-0.2, -0.15) is 5.10 Å². The summed E-state index contributed by atoms with van der Waals surface area (Å²) >= 11 is 3.58. The third-order valence-electron chi connectivity index (χ3n) is 3.00. The van der Waals surface area contributed by atoms with Gasteiger partial charge >= 0.3 is 0 Å². The Morgan fingerprint density at radius 2 is 2.12 bits per heavy atom. The molecule has 3 nitrogen and oxygen atoms in total. The molecule has 1 N–H and O–H groups in total. The molecule has 2 heterocycles. The first-order valence-corrected chi connectivity index (χ1v) is 6.07. The number of aromatic nitrogens is 2. The second kappa shape index (κ2) is 3.71. The number of hydrogen-bond donors (Lipinski definition) is 1. The zero-order valence-corrected chi connectivity index (χ0v) is 10.6. The van der Waals surface area contributed by atoms with E-state index in [2.05, 4.69) is 38.5 Å². The van der Waals surface area contributed by atoms with Crippen molar-refractivity contribution in [3.05, 3.63) is 40.0 Å². The average molecular weight is 278 g/mol. The monoisotopic (exact) mass is 277 g/mol. The van der Waals surface area contributed by atoms with Crippen LogP contribution in [0.25, 0.3) is 11.3 Å². The van der Waals surface area contributed by atoms with Crippen molar-refractivity contribution in [3.8, 4) is 11.3 Å². The highest BCUT2D eigenvalue weighted by molar-refractivity contribution is 9.10. The summed E-state index contributed by atoms with van der Waals surface area (Å²) < 4.78 is 3.08. The second-order valence-electron chi connectivity index (χ2n) is 3.98. The highest BCUT2D eigenvalue weighted by Gasteiger charge is 2.22. The molecule has 4 heteroatoms. The molecule has 1 aromatic carbocycles. The van der Waals surface area contributed by atoms with Crippen LogP contribution in [0.5, 0.6) is 0 Å². The number of rotatable bonds is 1. The molecule has 0 unspecified atom stereocenters. The number of nitrogens with zero attached hydrogens (tertiary/aromatic N) is 2. The van der Waals surface area contributed by atoms with Crippen molar-refractivity contribution in [2.75, 3.05) is 0 Å². The van der Waals surface area contributed by atoms with Crippen molar-refractivity contribution in [2.45, 2.75) is 13.1 Å². The lowest BCUT2D eigenvalue weighted by atomic mass is 10.1. The number of halogens is 1. The lowest BCUT2D eigenvalue weighted by Gasteiger charge is -2.02. The summed E-state index contributed by atoms with van der Waals surface area (Å²) in [5, 5.41) is 7.97. The molecule has 0 spiro atoms. The molecule has 2 aromatic rings. The quantitative estimate of drug-likeness (QED) is 0.868. The molecule has 0 bridgehead atoms. The maximum Gasteiger partial charge on any atom is 0.0982 e. The Morgan fingerprint density at radius 3 is 2.94 bits per heavy atom. The zero-order chi connectivity index (χ0) is 11.1. The molecule has 0 radical (unpaired) electrons. The Bertz CT molecular complexity index is 545. The molecule has 1 aliphatic heterocycles. The molecular weight excluding hydrogens is 266 g/mol. The Hall–Kier alpha value is -1.13. The van der Waals surface area contributed by atoms with Gasteiger partial charge in [0.25, 0.3) is 0 Å². The first-order chi connectivity index (χ1) is 7.77. The number of nitrogens with one attached hydrogen (secondary N) is 1. The molecular formula is C12H12BrN3. The molecule has 0 amide bonds. The minimum absolute atomic E-state index is 0.917. The Morgan fingerprint density at radius 1 is 1.31 bits per heavy atom. The number of aryl methyl sites for hydroxylation is 1. The summed E-state index contributed by atoms with van der Waals surface area (Å²) in [7, 11) is 2.01. The molecule has 0 saturated carbocycles. The zero-order valence-electron chi connectivity index (χ0n) is 9.00. The van der Waals surface area contributed by atoms with Crippen LogP contribution in [0.15, 0.2) is 28.7 Å². The predicted octanol–water partition coefficient (Wildman–Crippen LogP) is 2.45. The van der Waals surface area contributed by atoms with Gasteiger partial charge in [-0.1, -0.05) is 34.1 Å². The van der Waals surface area contributed by atoms with E-state index in [1.807, 2.05) is 23.9 Å². The SMILES string of the molecule is Cn1nc(-c2ccccc2Br)c2c1CNC2. The molecule has 1 aromatic heterocycles. The van der Waals surface area contributed by atoms with Crippen LogP contribution in [0, 0.1) is 0 Å². The van der Waals surface area contributed by atoms with E-state index in [0.29, 0.717) is 0 Å². The first kappa shape index (κ1) is 10.1. The minimum atomic E-state index is 0.917. The van der Waals surface area contributed by atoms with Gasteiger partial charge in [0, 0.05) is 35.7 Å². The highest BCUT2D eigenvalue weighted by atomic mass is 79.9. The third kappa shape index (κ3) is 1.41. The van der Waals surface area contributed by atoms with Gasteiger partial charge in [-0.3, -0.25) is 4.68 Å². The van der Waals surface area contributed by atoms with Crippen molar-refractivity contribution in [1.29, 1.82) is 0 Å². The van der Waals surface area contributed by atoms with Gasteiger partial charge < -0.3 is 5.32 Å². The van der Waals surface area contributed by atoms with E-state index < -0.39 is 0 Å². The summed E-state index contributed by atoms with van der Waals surface area (Å²) in [4.78, 5) is 0. The van der Waals surface area contributed by atoms with E-state index in [0.717, 1.165) is 23.3 Å². The lowest BCUT2D eigenvalue weighted by Crippen LogP contribution is -2.06. The second-order valence-corrected chi connectivity index (χ2v) is 4.84. The molecule has 82 valence electrons. The van der Waals surface area contributed by atoms with Crippen LogP contribution in [0.3, 0.4) is 0 Å². The molecule has 0 fully saturated rings. The molecule has 0 saturated heterocycles. The summed E-state index contributed by atoms with van der Waals surface area (Å²) in [5.74, 6) is 0. The molecule has 1 aliphatic rings. The number of benzene rings is 1. The van der Waals surface area contributed by atoms with Crippen LogP contribution in [0.4, 0.5) is 0 Å². The molecule has 0 aliphatic carbocycles. The average Bonchev–Trinajstić information content (AvgIpc) is 2.84. The van der Waals surface area contributed by atoms with E-state index in [-0.39, 0.29) is 0 Å². The van der Waals surface area contributed by atoms with Crippen molar-refractivity contribution in [2.24, 2.45) is 7.05 Å². The van der Waals surface area contributed by atoms with Crippen LogP contribution in [-0.2, 0) is 20.1 Å². The summed E-state index contributed by atoms with van der Waals surface area (Å²) in [6, 6.07) is 8.22. The normalized spacial score (nSPS) is 14.1. The summed E-state index contributed by atoms with van der Waals surface area (Å²) in [6.07, 6.45) is 0. The lowest BCUT2D eigenvalue weighted by molar-refractivity contribution is 0.671. The van der Waals surface area contributed by atoms with Crippen molar-refractivity contribution in [3.63, 3.8) is 0 Å². The van der Waals surface area contributed by atoms with Gasteiger partial charge in [0.2, 0.25) is 0 Å². The fourth-order valence-corrected chi connectivity index (χ4v) is 2.66. The van der Waals surface area contributed by atoms with E-state index in [1.54, 1.807) is 0 Å². The van der Waals surface area contributed by atoms with E-state index >= 15 is 0 Å². The maximum atomic E-state index is 4.61. The third-order valence-corrected chi connectivity index (χ3v) is 3.69. The first-order valence-electron chi connectivity index (χ1n) is 5.27. The van der Waals surface area contributed by atoms with Gasteiger partial charge in [-0.15, -0.1) is 0 Å². The van der Waals surface area contributed by atoms with Gasteiger partial charge in [0.15, 0.2) is 0 Å². The van der Waals surface area contributed by atoms with E-state index in [9.17, 15) is 0 Å². The molecule has 16 heavy (non-hydrogen) atoms. The van der Waals surface area contributed by atoms with Crippen LogP contribution >= 0.6 is 15.9 Å². The predicted molar refractivity (Wildman–Crippen MR) is 66.9 cm³/mol. The van der Waals surface area contributed by atoms with E-state index in [1.165, 1.54) is 16.8 Å². The minimum Gasteiger partial charge on any atom is -0.307 e. The van der Waals surface area contributed by atoms with Crippen LogP contribution < -0.4 is 5.32 Å². The van der Waals surface area contributed by atoms with Gasteiger partial charge in [-0.05, 0) is 6.07 Å². The van der Waals surface area contributed by atoms with Crippen molar-refractivity contribution >= 4 is 15.9 Å². The van der Waals surface area contributed by atoms with Crippen LogP contribution in [0.1, 0.15) is 11.3 Å². The standard InChI is InChI=1S/C12H12BrN3/c1-16-11-7-14-6-9(11)12(15-16)8-4-2-3-5-10(8)13/h2-5,14H,6-7H2,1H3. The Labute approximate surface area is 103 Å². The van der Waals surface area contributed by atoms with Crippen LogP contribution in [-0.4, -0.2) is 9.78 Å². The van der Waals surface area contributed by atoms with E-state index in [4.69, 9.17) is 0 Å². The Kier molecular flexibility index (Phi) is 2.33. The van der Waals surface area contributed by atoms with Gasteiger partial charge in [0.1, 0.15) is 0 Å². The molecule has 3 rings (SSSR count). The maximum absolute atomic E-state index is 4.61. The van der Waals surface area contributed by atoms with Crippen molar-refractivity contribution < 1.29 is 0 Å². The summed E-state index contributed by atoms with van der Waals surface area (Å²) in [5.41, 5.74) is 4.89. The largest absolute Gasteiger partial charge is 0.307 e. The summed E-state index contributed by atoms with van der Waals surface area (Å²) in [6.45, 7) is 1.84. The van der Waals surface area contributed by atoms with Gasteiger partial charge in [0.05, 0.1) is 11.4 Å². The topological polar surface area (TPSA) is 29.9 Å². The number of hydrogen-bond acceptors (Lipinski definition) is 2. The smallest absolute Gasteiger partial charge is 0.0982 e.